The van der Waals surface area contributed by atoms with Gasteiger partial charge in [-0.15, -0.1) is 4.99 Å². The molecule has 14 heteroatoms. The van der Waals surface area contributed by atoms with Gasteiger partial charge in [0, 0.05) is 0 Å². The standard InChI is InChI=1S/C13H6F3N5O5S/c14-7-3-1-2-6(9(7)21-27(25,26)12(15)16)10(24)11-18-8(4-22)19-13(20-11)17-5-23/h1-4,12,21H. The third-order valence-corrected chi connectivity index (χ3v) is 3.79. The van der Waals surface area contributed by atoms with Crippen molar-refractivity contribution < 1.29 is 36.0 Å². The highest BCUT2D eigenvalue weighted by Gasteiger charge is 2.29. The van der Waals surface area contributed by atoms with Gasteiger partial charge in [-0.2, -0.15) is 18.7 Å². The molecular weight excluding hydrogens is 395 g/mol. The normalized spacial score (nSPS) is 11.0. The number of benzene rings is 1. The molecule has 2 rings (SSSR count). The number of para-hydroxylation sites is 1. The van der Waals surface area contributed by atoms with E-state index in [0.29, 0.717) is 6.07 Å². The van der Waals surface area contributed by atoms with Gasteiger partial charge in [0.1, 0.15) is 5.82 Å². The summed E-state index contributed by atoms with van der Waals surface area (Å²) in [6.07, 6.45) is 1.16. The van der Waals surface area contributed by atoms with Crippen molar-refractivity contribution >= 4 is 39.8 Å². The molecule has 10 nitrogen and oxygen atoms in total. The third kappa shape index (κ3) is 4.37. The number of nitrogens with one attached hydrogen (secondary N) is 1. The lowest BCUT2D eigenvalue weighted by molar-refractivity contribution is 0.102. The minimum atomic E-state index is -5.30. The van der Waals surface area contributed by atoms with Gasteiger partial charge in [0.05, 0.1) is 11.3 Å². The highest BCUT2D eigenvalue weighted by atomic mass is 32.2. The number of rotatable bonds is 7. The van der Waals surface area contributed by atoms with Gasteiger partial charge in [-0.25, -0.2) is 22.6 Å². The van der Waals surface area contributed by atoms with Crippen LogP contribution in [0, 0.1) is 5.82 Å². The maximum Gasteiger partial charge on any atom is 0.355 e. The summed E-state index contributed by atoms with van der Waals surface area (Å²) in [5, 5.41) is 0. The second-order valence-electron chi connectivity index (χ2n) is 4.54. The molecule has 0 atom stereocenters. The fraction of sp³-hybridized carbons (Fsp3) is 0.0769. The van der Waals surface area contributed by atoms with Crippen molar-refractivity contribution in [3.63, 3.8) is 0 Å². The molecule has 0 amide bonds. The van der Waals surface area contributed by atoms with Gasteiger partial charge in [-0.05, 0) is 12.1 Å². The fourth-order valence-corrected chi connectivity index (χ4v) is 2.33. The van der Waals surface area contributed by atoms with Crippen molar-refractivity contribution in [3.8, 4) is 0 Å². The summed E-state index contributed by atoms with van der Waals surface area (Å²) in [5.74, 6) is -8.59. The van der Waals surface area contributed by atoms with E-state index in [9.17, 15) is 36.0 Å². The molecule has 0 aliphatic carbocycles. The van der Waals surface area contributed by atoms with E-state index < -0.39 is 56.2 Å². The Labute approximate surface area is 148 Å². The number of sulfonamides is 1. The van der Waals surface area contributed by atoms with Crippen LogP contribution >= 0.6 is 0 Å². The maximum absolute atomic E-state index is 14.0. The Kier molecular flexibility index (Phi) is 5.72. The summed E-state index contributed by atoms with van der Waals surface area (Å²) < 4.78 is 63.0. The molecule has 0 spiro atoms. The highest BCUT2D eigenvalue weighted by molar-refractivity contribution is 7.93. The smallest absolute Gasteiger partial charge is 0.294 e. The van der Waals surface area contributed by atoms with Gasteiger partial charge in [-0.3, -0.25) is 14.3 Å². The molecule has 0 saturated carbocycles. The van der Waals surface area contributed by atoms with E-state index in [1.165, 1.54) is 4.72 Å². The predicted molar refractivity (Wildman–Crippen MR) is 81.4 cm³/mol. The van der Waals surface area contributed by atoms with Crippen LogP contribution < -0.4 is 4.72 Å². The average Bonchev–Trinajstić information content (AvgIpc) is 2.62. The van der Waals surface area contributed by atoms with Crippen LogP contribution in [0.15, 0.2) is 23.2 Å². The highest BCUT2D eigenvalue weighted by Crippen LogP contribution is 2.25. The first kappa shape index (κ1) is 19.8. The molecular formula is C13H6F3N5O5S. The van der Waals surface area contributed by atoms with Crippen molar-refractivity contribution in [3.05, 3.63) is 41.2 Å². The second kappa shape index (κ2) is 7.80. The molecule has 1 heterocycles. The zero-order chi connectivity index (χ0) is 20.2. The number of hydrogen-bond donors (Lipinski definition) is 1. The number of nitrogens with zero attached hydrogens (tertiary/aromatic N) is 4. The number of aliphatic imine (C=N–C) groups is 1. The van der Waals surface area contributed by atoms with Gasteiger partial charge in [0.25, 0.3) is 16.0 Å². The summed E-state index contributed by atoms with van der Waals surface area (Å²) in [6.45, 7) is 0. The maximum atomic E-state index is 14.0. The molecule has 1 N–H and O–H groups in total. The lowest BCUT2D eigenvalue weighted by Gasteiger charge is -2.12. The molecule has 1 aromatic heterocycles. The molecule has 0 aliphatic rings. The monoisotopic (exact) mass is 401 g/mol. The van der Waals surface area contributed by atoms with Gasteiger partial charge in [0.2, 0.25) is 17.7 Å². The number of isocyanates is 1. The molecule has 0 saturated heterocycles. The van der Waals surface area contributed by atoms with E-state index in [1.807, 2.05) is 0 Å². The molecule has 0 fully saturated rings. The fourth-order valence-electron chi connectivity index (χ4n) is 1.75. The van der Waals surface area contributed by atoms with Gasteiger partial charge in [0.15, 0.2) is 12.1 Å². The van der Waals surface area contributed by atoms with Crippen LogP contribution in [0.2, 0.25) is 0 Å². The topological polar surface area (TPSA) is 148 Å². The molecule has 2 aromatic rings. The van der Waals surface area contributed by atoms with Crippen LogP contribution in [-0.2, 0) is 14.8 Å². The van der Waals surface area contributed by atoms with Crippen LogP contribution in [0.3, 0.4) is 0 Å². The van der Waals surface area contributed by atoms with Gasteiger partial charge in [-0.1, -0.05) is 6.07 Å². The first-order valence-electron chi connectivity index (χ1n) is 6.61. The largest absolute Gasteiger partial charge is 0.355 e. The Morgan fingerprint density at radius 3 is 2.56 bits per heavy atom. The Morgan fingerprint density at radius 2 is 1.96 bits per heavy atom. The Hall–Kier alpha value is -3.51. The summed E-state index contributed by atoms with van der Waals surface area (Å²) >= 11 is 0. The van der Waals surface area contributed by atoms with E-state index in [2.05, 4.69) is 19.9 Å². The first-order chi connectivity index (χ1) is 12.7. The number of aldehydes is 1. The molecule has 0 bridgehead atoms. The van der Waals surface area contributed by atoms with Crippen molar-refractivity contribution in [2.45, 2.75) is 5.76 Å². The molecule has 1 aromatic carbocycles. The van der Waals surface area contributed by atoms with E-state index in [-0.39, 0.29) is 6.29 Å². The number of carbonyl (C=O) groups excluding carboxylic acids is 3. The number of ketones is 1. The van der Waals surface area contributed by atoms with Gasteiger partial charge < -0.3 is 0 Å². The summed E-state index contributed by atoms with van der Waals surface area (Å²) in [6, 6.07) is 2.61. The Morgan fingerprint density at radius 1 is 1.26 bits per heavy atom. The number of anilines is 1. The van der Waals surface area contributed by atoms with Crippen molar-refractivity contribution in [1.29, 1.82) is 0 Å². The molecule has 27 heavy (non-hydrogen) atoms. The van der Waals surface area contributed by atoms with Crippen LogP contribution in [0.1, 0.15) is 26.8 Å². The van der Waals surface area contributed by atoms with Crippen molar-refractivity contribution in [1.82, 2.24) is 15.0 Å². The van der Waals surface area contributed by atoms with E-state index in [1.54, 1.807) is 0 Å². The van der Waals surface area contributed by atoms with E-state index in [4.69, 9.17) is 0 Å². The molecule has 0 radical (unpaired) electrons. The Bertz CT molecular complexity index is 1070. The lowest BCUT2D eigenvalue weighted by atomic mass is 10.1. The van der Waals surface area contributed by atoms with Crippen LogP contribution in [0.25, 0.3) is 0 Å². The average molecular weight is 401 g/mol. The zero-order valence-corrected chi connectivity index (χ0v) is 13.6. The molecule has 140 valence electrons. The van der Waals surface area contributed by atoms with Crippen LogP contribution in [-0.4, -0.2) is 47.3 Å². The first-order valence-corrected chi connectivity index (χ1v) is 8.16. The number of hydrogen-bond acceptors (Lipinski definition) is 9. The lowest BCUT2D eigenvalue weighted by Crippen LogP contribution is -2.23. The SMILES string of the molecule is O=C=Nc1nc(C=O)nc(C(=O)c2cccc(F)c2NS(=O)(=O)C(F)F)n1. The van der Waals surface area contributed by atoms with E-state index >= 15 is 0 Å². The third-order valence-electron chi connectivity index (χ3n) is 2.83. The quantitative estimate of drug-likeness (QED) is 0.312. The predicted octanol–water partition coefficient (Wildman–Crippen LogP) is 0.986. The van der Waals surface area contributed by atoms with Crippen LogP contribution in [0.5, 0.6) is 0 Å². The van der Waals surface area contributed by atoms with Crippen molar-refractivity contribution in [2.24, 2.45) is 4.99 Å². The number of carbonyl (C=O) groups is 2. The molecule has 0 aliphatic heterocycles. The number of halogens is 3. The zero-order valence-electron chi connectivity index (χ0n) is 12.8. The summed E-state index contributed by atoms with van der Waals surface area (Å²) in [7, 11) is -5.30. The second-order valence-corrected chi connectivity index (χ2v) is 6.19. The minimum absolute atomic E-state index is 0.0915. The number of alkyl halides is 2. The summed E-state index contributed by atoms with van der Waals surface area (Å²) in [5.41, 5.74) is -1.81. The van der Waals surface area contributed by atoms with Crippen LogP contribution in [0.4, 0.5) is 24.8 Å². The molecule has 0 unspecified atom stereocenters. The van der Waals surface area contributed by atoms with Gasteiger partial charge >= 0.3 is 5.76 Å². The minimum Gasteiger partial charge on any atom is -0.294 e. The van der Waals surface area contributed by atoms with E-state index in [0.717, 1.165) is 18.2 Å². The number of aromatic nitrogens is 3. The Balaban J connectivity index is 2.61. The van der Waals surface area contributed by atoms with Crippen molar-refractivity contribution in [2.75, 3.05) is 4.72 Å². The summed E-state index contributed by atoms with van der Waals surface area (Å²) in [4.78, 5) is 46.9.